The highest BCUT2D eigenvalue weighted by atomic mass is 79.9. The molecule has 0 saturated heterocycles. The maximum Gasteiger partial charge on any atom is 0.253 e. The SMILES string of the molecule is Cc1ccccc1Cn1cc[n+](C)c1C.[Br-]. The van der Waals surface area contributed by atoms with E-state index in [0.717, 1.165) is 6.54 Å². The van der Waals surface area contributed by atoms with E-state index < -0.39 is 0 Å². The fourth-order valence-corrected chi connectivity index (χ4v) is 1.74. The Bertz CT molecular complexity index is 475. The second kappa shape index (κ2) is 5.30. The van der Waals surface area contributed by atoms with E-state index in [1.807, 2.05) is 0 Å². The number of rotatable bonds is 2. The topological polar surface area (TPSA) is 8.81 Å². The largest absolute Gasteiger partial charge is 1.00 e. The molecule has 1 aromatic carbocycles. The van der Waals surface area contributed by atoms with E-state index >= 15 is 0 Å². The summed E-state index contributed by atoms with van der Waals surface area (Å²) >= 11 is 0. The van der Waals surface area contributed by atoms with Crippen LogP contribution < -0.4 is 21.5 Å². The maximum absolute atomic E-state index is 2.27. The number of hydrogen-bond acceptors (Lipinski definition) is 0. The number of nitrogens with zero attached hydrogens (tertiary/aromatic N) is 2. The first kappa shape index (κ1) is 13.0. The second-order valence-electron chi connectivity index (χ2n) is 4.01. The Morgan fingerprint density at radius 2 is 1.88 bits per heavy atom. The van der Waals surface area contributed by atoms with Gasteiger partial charge in [-0.25, -0.2) is 9.13 Å². The van der Waals surface area contributed by atoms with Gasteiger partial charge in [0.15, 0.2) is 0 Å². The summed E-state index contributed by atoms with van der Waals surface area (Å²) in [5, 5.41) is 0. The Morgan fingerprint density at radius 3 is 2.44 bits per heavy atom. The molecule has 0 bridgehead atoms. The molecule has 3 heteroatoms. The molecule has 0 amide bonds. The predicted molar refractivity (Wildman–Crippen MR) is 60.6 cm³/mol. The Hall–Kier alpha value is -1.09. The number of hydrogen-bond donors (Lipinski definition) is 0. The molecule has 16 heavy (non-hydrogen) atoms. The van der Waals surface area contributed by atoms with Crippen molar-refractivity contribution in [3.63, 3.8) is 0 Å². The summed E-state index contributed by atoms with van der Waals surface area (Å²) in [6.07, 6.45) is 4.22. The lowest BCUT2D eigenvalue weighted by Crippen LogP contribution is -3.00. The molecule has 2 nitrogen and oxygen atoms in total. The predicted octanol–water partition coefficient (Wildman–Crippen LogP) is -1.02. The summed E-state index contributed by atoms with van der Waals surface area (Å²) < 4.78 is 4.40. The van der Waals surface area contributed by atoms with Gasteiger partial charge in [-0.15, -0.1) is 0 Å². The molecule has 0 N–H and O–H groups in total. The summed E-state index contributed by atoms with van der Waals surface area (Å²) in [6, 6.07) is 8.53. The summed E-state index contributed by atoms with van der Waals surface area (Å²) in [4.78, 5) is 0. The number of aryl methyl sites for hydroxylation is 2. The van der Waals surface area contributed by atoms with Crippen LogP contribution in [0, 0.1) is 13.8 Å². The Labute approximate surface area is 107 Å². The molecule has 1 aromatic heterocycles. The van der Waals surface area contributed by atoms with Crippen molar-refractivity contribution in [2.75, 3.05) is 0 Å². The molecule has 0 aliphatic rings. The molecule has 2 aromatic rings. The minimum atomic E-state index is 0. The van der Waals surface area contributed by atoms with Crippen LogP contribution in [0.4, 0.5) is 0 Å². The van der Waals surface area contributed by atoms with Crippen molar-refractivity contribution in [1.29, 1.82) is 0 Å². The maximum atomic E-state index is 2.27. The van der Waals surface area contributed by atoms with E-state index in [9.17, 15) is 0 Å². The van der Waals surface area contributed by atoms with Crippen molar-refractivity contribution in [2.24, 2.45) is 7.05 Å². The third-order valence-corrected chi connectivity index (χ3v) is 3.00. The van der Waals surface area contributed by atoms with Crippen molar-refractivity contribution >= 4 is 0 Å². The van der Waals surface area contributed by atoms with E-state index in [0.29, 0.717) is 0 Å². The zero-order valence-electron chi connectivity index (χ0n) is 9.94. The van der Waals surface area contributed by atoms with Crippen LogP contribution in [0.1, 0.15) is 17.0 Å². The second-order valence-corrected chi connectivity index (χ2v) is 4.01. The normalized spacial score (nSPS) is 9.94. The Balaban J connectivity index is 0.00000128. The Kier molecular flexibility index (Phi) is 4.30. The van der Waals surface area contributed by atoms with Gasteiger partial charge in [-0.3, -0.25) is 0 Å². The summed E-state index contributed by atoms with van der Waals surface area (Å²) in [6.45, 7) is 5.26. The van der Waals surface area contributed by atoms with Gasteiger partial charge in [-0.05, 0) is 18.1 Å². The van der Waals surface area contributed by atoms with Gasteiger partial charge in [0, 0.05) is 6.92 Å². The van der Waals surface area contributed by atoms with Crippen LogP contribution in [0.2, 0.25) is 0 Å². The molecule has 86 valence electrons. The third-order valence-electron chi connectivity index (χ3n) is 3.00. The van der Waals surface area contributed by atoms with Crippen molar-refractivity contribution < 1.29 is 21.5 Å². The lowest BCUT2D eigenvalue weighted by molar-refractivity contribution is -0.677. The fraction of sp³-hybridized carbons (Fsp3) is 0.308. The zero-order valence-corrected chi connectivity index (χ0v) is 11.5. The van der Waals surface area contributed by atoms with Crippen LogP contribution in [-0.4, -0.2) is 4.57 Å². The molecular weight excluding hydrogens is 264 g/mol. The number of imidazole rings is 1. The number of aromatic nitrogens is 2. The van der Waals surface area contributed by atoms with Crippen molar-refractivity contribution in [3.05, 3.63) is 53.6 Å². The summed E-state index contributed by atoms with van der Waals surface area (Å²) in [7, 11) is 2.07. The molecule has 0 aliphatic carbocycles. The van der Waals surface area contributed by atoms with Crippen molar-refractivity contribution in [1.82, 2.24) is 4.57 Å². The molecule has 0 saturated carbocycles. The van der Waals surface area contributed by atoms with Gasteiger partial charge < -0.3 is 17.0 Å². The zero-order chi connectivity index (χ0) is 10.8. The average molecular weight is 281 g/mol. The van der Waals surface area contributed by atoms with Crippen LogP contribution >= 0.6 is 0 Å². The van der Waals surface area contributed by atoms with Crippen LogP contribution in [0.25, 0.3) is 0 Å². The van der Waals surface area contributed by atoms with E-state index in [4.69, 9.17) is 0 Å². The van der Waals surface area contributed by atoms with E-state index in [-0.39, 0.29) is 17.0 Å². The van der Waals surface area contributed by atoms with Crippen LogP contribution in [0.3, 0.4) is 0 Å². The molecular formula is C13H17BrN2. The van der Waals surface area contributed by atoms with E-state index in [1.165, 1.54) is 17.0 Å². The van der Waals surface area contributed by atoms with Gasteiger partial charge in [-0.2, -0.15) is 0 Å². The minimum absolute atomic E-state index is 0. The first-order chi connectivity index (χ1) is 7.18. The van der Waals surface area contributed by atoms with Gasteiger partial charge >= 0.3 is 0 Å². The van der Waals surface area contributed by atoms with Gasteiger partial charge in [-0.1, -0.05) is 24.3 Å². The minimum Gasteiger partial charge on any atom is -1.00 e. The number of benzene rings is 1. The first-order valence-electron chi connectivity index (χ1n) is 5.24. The molecule has 0 radical (unpaired) electrons. The van der Waals surface area contributed by atoms with Crippen molar-refractivity contribution in [3.8, 4) is 0 Å². The van der Waals surface area contributed by atoms with Gasteiger partial charge in [0.05, 0.1) is 7.05 Å². The first-order valence-corrected chi connectivity index (χ1v) is 5.24. The smallest absolute Gasteiger partial charge is 0.253 e. The van der Waals surface area contributed by atoms with Gasteiger partial charge in [0.25, 0.3) is 5.82 Å². The van der Waals surface area contributed by atoms with Crippen LogP contribution in [0.15, 0.2) is 36.7 Å². The summed E-state index contributed by atoms with van der Waals surface area (Å²) in [5.74, 6) is 1.28. The molecule has 1 heterocycles. The fourth-order valence-electron chi connectivity index (χ4n) is 1.74. The van der Waals surface area contributed by atoms with Crippen LogP contribution in [-0.2, 0) is 13.6 Å². The molecule has 0 aliphatic heterocycles. The lowest BCUT2D eigenvalue weighted by Gasteiger charge is -2.03. The summed E-state index contributed by atoms with van der Waals surface area (Å²) in [5.41, 5.74) is 2.74. The quantitative estimate of drug-likeness (QED) is 0.623. The van der Waals surface area contributed by atoms with E-state index in [2.05, 4.69) is 66.7 Å². The highest BCUT2D eigenvalue weighted by Gasteiger charge is 2.09. The monoisotopic (exact) mass is 280 g/mol. The third kappa shape index (κ3) is 2.53. The molecule has 0 fully saturated rings. The van der Waals surface area contributed by atoms with E-state index in [1.54, 1.807) is 0 Å². The molecule has 0 unspecified atom stereocenters. The molecule has 2 rings (SSSR count). The highest BCUT2D eigenvalue weighted by molar-refractivity contribution is 5.25. The molecule has 0 atom stereocenters. The molecule has 0 spiro atoms. The van der Waals surface area contributed by atoms with Crippen LogP contribution in [0.5, 0.6) is 0 Å². The van der Waals surface area contributed by atoms with Crippen molar-refractivity contribution in [2.45, 2.75) is 20.4 Å². The number of halogens is 1. The lowest BCUT2D eigenvalue weighted by atomic mass is 10.1. The van der Waals surface area contributed by atoms with Gasteiger partial charge in [0.1, 0.15) is 18.9 Å². The Morgan fingerprint density at radius 1 is 1.19 bits per heavy atom. The average Bonchev–Trinajstić information content (AvgIpc) is 2.53. The standard InChI is InChI=1S/C13H17N2.BrH/c1-11-6-4-5-7-13(11)10-15-9-8-14(3)12(15)2;/h4-9H,10H2,1-3H3;1H/q+1;/p-1. The highest BCUT2D eigenvalue weighted by Crippen LogP contribution is 2.09. The van der Waals surface area contributed by atoms with Gasteiger partial charge in [0.2, 0.25) is 0 Å².